The summed E-state index contributed by atoms with van der Waals surface area (Å²) < 4.78 is 25.1. The van der Waals surface area contributed by atoms with Crippen molar-refractivity contribution in [2.24, 2.45) is 0 Å². The molecule has 0 aliphatic carbocycles. The normalized spacial score (nSPS) is 10.7. The molecular weight excluding hydrogens is 286 g/mol. The van der Waals surface area contributed by atoms with Gasteiger partial charge in [-0.05, 0) is 12.1 Å². The van der Waals surface area contributed by atoms with E-state index < -0.39 is 6.43 Å². The zero-order valence-electron chi connectivity index (χ0n) is 10.8. The van der Waals surface area contributed by atoms with Crippen LogP contribution in [-0.2, 0) is 4.79 Å². The van der Waals surface area contributed by atoms with Crippen LogP contribution in [0.15, 0.2) is 24.3 Å². The van der Waals surface area contributed by atoms with Crippen LogP contribution in [0.5, 0.6) is 0 Å². The molecule has 2 rings (SSSR count). The fraction of sp³-hybridized carbons (Fsp3) is 0.250. The molecule has 0 unspecified atom stereocenters. The molecule has 0 saturated carbocycles. The van der Waals surface area contributed by atoms with Gasteiger partial charge >= 0.3 is 0 Å². The van der Waals surface area contributed by atoms with E-state index in [-0.39, 0.29) is 5.01 Å². The lowest BCUT2D eigenvalue weighted by atomic mass is 10.2. The Morgan fingerprint density at radius 3 is 2.40 bits per heavy atom. The second kappa shape index (κ2) is 5.91. The molecule has 0 bridgehead atoms. The molecule has 1 aromatic heterocycles. The molecule has 1 heterocycles. The van der Waals surface area contributed by atoms with Crippen LogP contribution in [0.2, 0.25) is 0 Å². The number of amides is 1. The van der Waals surface area contributed by atoms with Crippen LogP contribution in [0.1, 0.15) is 11.4 Å². The number of hydrogen-bond donors (Lipinski definition) is 0. The fourth-order valence-electron chi connectivity index (χ4n) is 1.66. The number of para-hydroxylation sites is 2. The van der Waals surface area contributed by atoms with Crippen molar-refractivity contribution in [1.29, 1.82) is 0 Å². The molecule has 0 spiro atoms. The van der Waals surface area contributed by atoms with E-state index in [0.717, 1.165) is 11.3 Å². The van der Waals surface area contributed by atoms with Crippen molar-refractivity contribution in [2.75, 3.05) is 23.9 Å². The molecular formula is C12H12F2N4OS. The van der Waals surface area contributed by atoms with E-state index in [1.165, 1.54) is 4.90 Å². The van der Waals surface area contributed by atoms with E-state index in [0.29, 0.717) is 22.9 Å². The molecule has 5 nitrogen and oxygen atoms in total. The number of anilines is 3. The average molecular weight is 298 g/mol. The van der Waals surface area contributed by atoms with Crippen LogP contribution in [0.4, 0.5) is 25.3 Å². The molecule has 8 heteroatoms. The molecule has 20 heavy (non-hydrogen) atoms. The predicted molar refractivity (Wildman–Crippen MR) is 73.8 cm³/mol. The molecule has 1 amide bonds. The summed E-state index contributed by atoms with van der Waals surface area (Å²) >= 11 is 0.819. The van der Waals surface area contributed by atoms with Gasteiger partial charge < -0.3 is 9.80 Å². The van der Waals surface area contributed by atoms with Crippen molar-refractivity contribution in [3.8, 4) is 0 Å². The van der Waals surface area contributed by atoms with Gasteiger partial charge in [0.15, 0.2) is 5.01 Å². The maximum Gasteiger partial charge on any atom is 0.291 e. The van der Waals surface area contributed by atoms with Gasteiger partial charge in [-0.2, -0.15) is 0 Å². The summed E-state index contributed by atoms with van der Waals surface area (Å²) in [6, 6.07) is 7.12. The Balaban J connectivity index is 2.37. The van der Waals surface area contributed by atoms with Crippen molar-refractivity contribution in [3.05, 3.63) is 29.3 Å². The summed E-state index contributed by atoms with van der Waals surface area (Å²) in [5.41, 5.74) is 1.33. The Kier molecular flexibility index (Phi) is 4.23. The van der Waals surface area contributed by atoms with E-state index in [2.05, 4.69) is 10.2 Å². The van der Waals surface area contributed by atoms with E-state index in [1.807, 2.05) is 0 Å². The molecule has 0 fully saturated rings. The number of hydrogen-bond acceptors (Lipinski definition) is 5. The van der Waals surface area contributed by atoms with Crippen molar-refractivity contribution in [2.45, 2.75) is 6.43 Å². The number of alkyl halides is 2. The van der Waals surface area contributed by atoms with Crippen LogP contribution in [0.25, 0.3) is 0 Å². The zero-order valence-corrected chi connectivity index (χ0v) is 11.6. The van der Waals surface area contributed by atoms with Gasteiger partial charge in [-0.25, -0.2) is 8.78 Å². The Morgan fingerprint density at radius 1 is 1.20 bits per heavy atom. The summed E-state index contributed by atoms with van der Waals surface area (Å²) in [4.78, 5) is 13.9. The first-order chi connectivity index (χ1) is 9.54. The van der Waals surface area contributed by atoms with Crippen LogP contribution < -0.4 is 9.80 Å². The van der Waals surface area contributed by atoms with Gasteiger partial charge in [-0.15, -0.1) is 10.2 Å². The minimum absolute atomic E-state index is 0.326. The lowest BCUT2D eigenvalue weighted by Crippen LogP contribution is -2.18. The second-order valence-corrected chi connectivity index (χ2v) is 4.98. The van der Waals surface area contributed by atoms with Crippen molar-refractivity contribution >= 4 is 34.3 Å². The summed E-state index contributed by atoms with van der Waals surface area (Å²) in [5.74, 6) is 0. The summed E-state index contributed by atoms with van der Waals surface area (Å²) in [6.07, 6.45) is -1.96. The zero-order chi connectivity index (χ0) is 14.7. The van der Waals surface area contributed by atoms with E-state index in [4.69, 9.17) is 0 Å². The highest BCUT2D eigenvalue weighted by atomic mass is 32.1. The first kappa shape index (κ1) is 14.3. The van der Waals surface area contributed by atoms with Gasteiger partial charge in [0.1, 0.15) is 0 Å². The average Bonchev–Trinajstić information content (AvgIpc) is 2.95. The first-order valence-electron chi connectivity index (χ1n) is 5.67. The fourth-order valence-corrected chi connectivity index (χ4v) is 2.33. The topological polar surface area (TPSA) is 49.3 Å². The predicted octanol–water partition coefficient (Wildman–Crippen LogP) is 2.84. The SMILES string of the molecule is CN(C=O)c1ccccc1N(C)c1nnc(C(F)F)s1. The molecule has 0 aliphatic heterocycles. The highest BCUT2D eigenvalue weighted by Crippen LogP contribution is 2.35. The Hall–Kier alpha value is -2.09. The molecule has 1 aromatic carbocycles. The molecule has 2 aromatic rings. The quantitative estimate of drug-likeness (QED) is 0.796. The molecule has 0 N–H and O–H groups in total. The van der Waals surface area contributed by atoms with E-state index in [9.17, 15) is 13.6 Å². The van der Waals surface area contributed by atoms with Gasteiger partial charge in [0.05, 0.1) is 11.4 Å². The third kappa shape index (κ3) is 2.74. The summed E-state index contributed by atoms with van der Waals surface area (Å²) in [6.45, 7) is 0. The minimum Gasteiger partial charge on any atom is -0.318 e. The summed E-state index contributed by atoms with van der Waals surface area (Å²) in [7, 11) is 3.30. The van der Waals surface area contributed by atoms with E-state index >= 15 is 0 Å². The maximum atomic E-state index is 12.5. The van der Waals surface area contributed by atoms with Gasteiger partial charge in [0, 0.05) is 14.1 Å². The molecule has 0 saturated heterocycles. The number of aromatic nitrogens is 2. The number of halogens is 2. The smallest absolute Gasteiger partial charge is 0.291 e. The Morgan fingerprint density at radius 2 is 1.85 bits per heavy atom. The van der Waals surface area contributed by atoms with Crippen LogP contribution in [0.3, 0.4) is 0 Å². The number of carbonyl (C=O) groups excluding carboxylic acids is 1. The third-order valence-electron chi connectivity index (χ3n) is 2.68. The van der Waals surface area contributed by atoms with Crippen molar-refractivity contribution < 1.29 is 13.6 Å². The molecule has 0 radical (unpaired) electrons. The monoisotopic (exact) mass is 298 g/mol. The molecule has 106 valence electrons. The third-order valence-corrected chi connectivity index (χ3v) is 3.69. The van der Waals surface area contributed by atoms with Gasteiger partial charge in [-0.1, -0.05) is 23.5 Å². The van der Waals surface area contributed by atoms with Gasteiger partial charge in [0.25, 0.3) is 6.43 Å². The van der Waals surface area contributed by atoms with Gasteiger partial charge in [0.2, 0.25) is 11.5 Å². The van der Waals surface area contributed by atoms with E-state index in [1.54, 1.807) is 43.3 Å². The largest absolute Gasteiger partial charge is 0.318 e. The minimum atomic E-state index is -2.64. The highest BCUT2D eigenvalue weighted by Gasteiger charge is 2.19. The van der Waals surface area contributed by atoms with Crippen LogP contribution in [-0.4, -0.2) is 30.7 Å². The number of benzene rings is 1. The number of nitrogens with zero attached hydrogens (tertiary/aromatic N) is 4. The standard InChI is InChI=1S/C12H12F2N4OS/c1-17(7-19)8-5-3-4-6-9(8)18(2)12-16-15-11(20-12)10(13)14/h3-7,10H,1-2H3. The molecule has 0 aliphatic rings. The molecule has 0 atom stereocenters. The van der Waals surface area contributed by atoms with Gasteiger partial charge in [-0.3, -0.25) is 4.79 Å². The Labute approximate surface area is 118 Å². The van der Waals surface area contributed by atoms with Crippen LogP contribution in [0, 0.1) is 0 Å². The second-order valence-electron chi connectivity index (χ2n) is 3.99. The maximum absolute atomic E-state index is 12.5. The van der Waals surface area contributed by atoms with Crippen LogP contribution >= 0.6 is 11.3 Å². The Bertz CT molecular complexity index is 605. The summed E-state index contributed by atoms with van der Waals surface area (Å²) in [5, 5.41) is 7.21. The number of carbonyl (C=O) groups is 1. The lowest BCUT2D eigenvalue weighted by molar-refractivity contribution is -0.107. The van der Waals surface area contributed by atoms with Crippen molar-refractivity contribution in [3.63, 3.8) is 0 Å². The van der Waals surface area contributed by atoms with Crippen molar-refractivity contribution in [1.82, 2.24) is 10.2 Å². The lowest BCUT2D eigenvalue weighted by Gasteiger charge is -2.22. The highest BCUT2D eigenvalue weighted by molar-refractivity contribution is 7.15. The number of rotatable bonds is 5. The first-order valence-corrected chi connectivity index (χ1v) is 6.48.